The molecule has 148 valence electrons. The first-order chi connectivity index (χ1) is 12.9. The van der Waals surface area contributed by atoms with Gasteiger partial charge in [-0.3, -0.25) is 14.2 Å². The standard InChI is InChI=1S/C19H27N3O3S2/c1-11(9-25-4)20-15(23)10-26-19-21-17-16(12(2)13(3)27-17)18(24)22(19)14-7-5-6-8-14/h11,14H,5-10H2,1-4H3,(H,20,23)/t11-/m1/s1. The van der Waals surface area contributed by atoms with Gasteiger partial charge in [0.1, 0.15) is 4.83 Å². The SMILES string of the molecule is COC[C@@H](C)NC(=O)CSc1nc2sc(C)c(C)c2c(=O)n1C1CCCC1. The summed E-state index contributed by atoms with van der Waals surface area (Å²) in [6.45, 7) is 6.40. The van der Waals surface area contributed by atoms with Crippen LogP contribution in [0, 0.1) is 13.8 Å². The number of aromatic nitrogens is 2. The van der Waals surface area contributed by atoms with E-state index in [1.807, 2.05) is 25.3 Å². The zero-order valence-corrected chi connectivity index (χ0v) is 18.0. The molecule has 6 nitrogen and oxygen atoms in total. The second kappa shape index (κ2) is 8.75. The van der Waals surface area contributed by atoms with Gasteiger partial charge in [0.25, 0.3) is 5.56 Å². The molecule has 8 heteroatoms. The van der Waals surface area contributed by atoms with Crippen molar-refractivity contribution >= 4 is 39.2 Å². The fraction of sp³-hybridized carbons (Fsp3) is 0.632. The number of hydrogen-bond acceptors (Lipinski definition) is 6. The molecule has 3 rings (SSSR count). The van der Waals surface area contributed by atoms with Crippen LogP contribution in [0.5, 0.6) is 0 Å². The summed E-state index contributed by atoms with van der Waals surface area (Å²) in [5.74, 6) is 0.164. The number of amides is 1. The normalized spacial score (nSPS) is 16.1. The summed E-state index contributed by atoms with van der Waals surface area (Å²) in [4.78, 5) is 32.2. The number of nitrogens with zero attached hydrogens (tertiary/aromatic N) is 2. The van der Waals surface area contributed by atoms with E-state index in [0.29, 0.717) is 11.8 Å². The average molecular weight is 410 g/mol. The van der Waals surface area contributed by atoms with Gasteiger partial charge in [0.05, 0.1) is 17.7 Å². The molecule has 0 saturated heterocycles. The Morgan fingerprint density at radius 1 is 1.41 bits per heavy atom. The smallest absolute Gasteiger partial charge is 0.263 e. The van der Waals surface area contributed by atoms with Crippen LogP contribution in [-0.2, 0) is 9.53 Å². The minimum absolute atomic E-state index is 0.0434. The van der Waals surface area contributed by atoms with Gasteiger partial charge in [-0.15, -0.1) is 11.3 Å². The average Bonchev–Trinajstić information content (AvgIpc) is 3.22. The van der Waals surface area contributed by atoms with Crippen molar-refractivity contribution in [2.24, 2.45) is 0 Å². The molecule has 1 amide bonds. The van der Waals surface area contributed by atoms with E-state index in [4.69, 9.17) is 9.72 Å². The number of nitrogens with one attached hydrogen (secondary N) is 1. The molecule has 0 radical (unpaired) electrons. The maximum atomic E-state index is 13.3. The maximum Gasteiger partial charge on any atom is 0.263 e. The minimum atomic E-state index is -0.0737. The van der Waals surface area contributed by atoms with Crippen molar-refractivity contribution in [1.82, 2.24) is 14.9 Å². The number of fused-ring (bicyclic) bond motifs is 1. The second-order valence-corrected chi connectivity index (χ2v) is 9.33. The van der Waals surface area contributed by atoms with Gasteiger partial charge in [0, 0.05) is 24.1 Å². The lowest BCUT2D eigenvalue weighted by Gasteiger charge is -2.18. The molecule has 2 aromatic heterocycles. The minimum Gasteiger partial charge on any atom is -0.383 e. The third kappa shape index (κ3) is 4.38. The van der Waals surface area contributed by atoms with E-state index in [0.717, 1.165) is 46.3 Å². The van der Waals surface area contributed by atoms with Crippen LogP contribution >= 0.6 is 23.1 Å². The number of aryl methyl sites for hydroxylation is 2. The second-order valence-electron chi connectivity index (χ2n) is 7.18. The third-order valence-electron chi connectivity index (χ3n) is 5.05. The Balaban J connectivity index is 1.90. The number of ether oxygens (including phenoxy) is 1. The number of methoxy groups -OCH3 is 1. The predicted molar refractivity (Wildman–Crippen MR) is 111 cm³/mol. The summed E-state index contributed by atoms with van der Waals surface area (Å²) in [5.41, 5.74) is 1.08. The molecule has 0 aromatic carbocycles. The summed E-state index contributed by atoms with van der Waals surface area (Å²) in [7, 11) is 1.61. The van der Waals surface area contributed by atoms with Crippen LogP contribution in [0.1, 0.15) is 49.1 Å². The van der Waals surface area contributed by atoms with Crippen LogP contribution in [0.15, 0.2) is 9.95 Å². The highest BCUT2D eigenvalue weighted by atomic mass is 32.2. The molecule has 1 fully saturated rings. The highest BCUT2D eigenvalue weighted by molar-refractivity contribution is 7.99. The van der Waals surface area contributed by atoms with Gasteiger partial charge in [-0.05, 0) is 39.2 Å². The van der Waals surface area contributed by atoms with Crippen molar-refractivity contribution in [2.45, 2.75) is 63.7 Å². The van der Waals surface area contributed by atoms with Crippen molar-refractivity contribution in [1.29, 1.82) is 0 Å². The van der Waals surface area contributed by atoms with Crippen molar-refractivity contribution in [2.75, 3.05) is 19.5 Å². The molecule has 1 aliphatic carbocycles. The Morgan fingerprint density at radius 2 is 2.11 bits per heavy atom. The Kier molecular flexibility index (Phi) is 6.60. The third-order valence-corrected chi connectivity index (χ3v) is 7.10. The molecule has 0 bridgehead atoms. The van der Waals surface area contributed by atoms with Crippen molar-refractivity contribution in [3.05, 3.63) is 20.8 Å². The monoisotopic (exact) mass is 409 g/mol. The highest BCUT2D eigenvalue weighted by Gasteiger charge is 2.25. The zero-order valence-electron chi connectivity index (χ0n) is 16.3. The number of carbonyl (C=O) groups is 1. The Morgan fingerprint density at radius 3 is 2.78 bits per heavy atom. The molecule has 0 aliphatic heterocycles. The zero-order chi connectivity index (χ0) is 19.6. The lowest BCUT2D eigenvalue weighted by molar-refractivity contribution is -0.119. The van der Waals surface area contributed by atoms with Gasteiger partial charge in [-0.2, -0.15) is 0 Å². The van der Waals surface area contributed by atoms with E-state index in [-0.39, 0.29) is 29.3 Å². The van der Waals surface area contributed by atoms with Crippen LogP contribution in [0.3, 0.4) is 0 Å². The molecule has 2 heterocycles. The van der Waals surface area contributed by atoms with E-state index >= 15 is 0 Å². The summed E-state index contributed by atoms with van der Waals surface area (Å²) in [6.07, 6.45) is 4.27. The molecule has 2 aromatic rings. The van der Waals surface area contributed by atoms with Gasteiger partial charge >= 0.3 is 0 Å². The van der Waals surface area contributed by atoms with Gasteiger partial charge in [0.2, 0.25) is 5.91 Å². The molecule has 0 spiro atoms. The van der Waals surface area contributed by atoms with Gasteiger partial charge < -0.3 is 10.1 Å². The molecular weight excluding hydrogens is 382 g/mol. The Hall–Kier alpha value is -1.38. The number of rotatable bonds is 7. The highest BCUT2D eigenvalue weighted by Crippen LogP contribution is 2.34. The van der Waals surface area contributed by atoms with Crippen molar-refractivity contribution in [3.63, 3.8) is 0 Å². The van der Waals surface area contributed by atoms with Crippen LogP contribution in [-0.4, -0.2) is 41.0 Å². The van der Waals surface area contributed by atoms with Gasteiger partial charge in [0.15, 0.2) is 5.16 Å². The van der Waals surface area contributed by atoms with E-state index in [1.54, 1.807) is 18.4 Å². The van der Waals surface area contributed by atoms with Crippen LogP contribution in [0.25, 0.3) is 10.2 Å². The van der Waals surface area contributed by atoms with Crippen molar-refractivity contribution < 1.29 is 9.53 Å². The molecular formula is C19H27N3O3S2. The lowest BCUT2D eigenvalue weighted by atomic mass is 10.2. The topological polar surface area (TPSA) is 73.2 Å². The number of hydrogen-bond donors (Lipinski definition) is 1. The van der Waals surface area contributed by atoms with Crippen LogP contribution < -0.4 is 10.9 Å². The van der Waals surface area contributed by atoms with Crippen molar-refractivity contribution in [3.8, 4) is 0 Å². The molecule has 1 atom stereocenters. The summed E-state index contributed by atoms with van der Waals surface area (Å²) in [5, 5.41) is 4.31. The molecule has 0 unspecified atom stereocenters. The van der Waals surface area contributed by atoms with E-state index in [1.165, 1.54) is 11.8 Å². The Bertz CT molecular complexity index is 884. The Labute approximate surface area is 167 Å². The number of thioether (sulfide) groups is 1. The molecule has 1 N–H and O–H groups in total. The predicted octanol–water partition coefficient (Wildman–Crippen LogP) is 3.43. The first-order valence-corrected chi connectivity index (χ1v) is 11.2. The first kappa shape index (κ1) is 20.4. The molecule has 1 aliphatic rings. The molecule has 27 heavy (non-hydrogen) atoms. The molecule has 1 saturated carbocycles. The fourth-order valence-corrected chi connectivity index (χ4v) is 5.56. The van der Waals surface area contributed by atoms with Crippen LogP contribution in [0.4, 0.5) is 0 Å². The van der Waals surface area contributed by atoms with Gasteiger partial charge in [-0.25, -0.2) is 4.98 Å². The quantitative estimate of drug-likeness (QED) is 0.560. The maximum absolute atomic E-state index is 13.3. The fourth-order valence-electron chi connectivity index (χ4n) is 3.61. The van der Waals surface area contributed by atoms with E-state index in [2.05, 4.69) is 5.32 Å². The largest absolute Gasteiger partial charge is 0.383 e. The van der Waals surface area contributed by atoms with E-state index in [9.17, 15) is 9.59 Å². The summed E-state index contributed by atoms with van der Waals surface area (Å²) < 4.78 is 6.91. The summed E-state index contributed by atoms with van der Waals surface area (Å²) in [6, 6.07) is 0.144. The van der Waals surface area contributed by atoms with Gasteiger partial charge in [-0.1, -0.05) is 24.6 Å². The van der Waals surface area contributed by atoms with E-state index < -0.39 is 0 Å². The first-order valence-electron chi connectivity index (χ1n) is 9.35. The van der Waals surface area contributed by atoms with Crippen LogP contribution in [0.2, 0.25) is 0 Å². The number of thiophene rings is 1. The number of carbonyl (C=O) groups excluding carboxylic acids is 1. The summed E-state index contributed by atoms with van der Waals surface area (Å²) >= 11 is 2.91. The lowest BCUT2D eigenvalue weighted by Crippen LogP contribution is -2.37.